The van der Waals surface area contributed by atoms with Crippen LogP contribution >= 0.6 is 0 Å². The Hall–Kier alpha value is -0.270. The maximum Gasteiger partial charge on any atom is 0.432 e. The molecule has 12 heteroatoms. The van der Waals surface area contributed by atoms with Crippen molar-refractivity contribution in [3.05, 3.63) is 0 Å². The molecule has 1 saturated heterocycles. The van der Waals surface area contributed by atoms with Crippen LogP contribution in [-0.2, 0) is 42.1 Å². The molecule has 1 heterocycles. The van der Waals surface area contributed by atoms with Gasteiger partial charge in [0.15, 0.2) is 0 Å². The number of rotatable bonds is 0. The maximum atomic E-state index is 10.2. The van der Waals surface area contributed by atoms with Crippen molar-refractivity contribution in [1.29, 1.82) is 0 Å². The summed E-state index contributed by atoms with van der Waals surface area (Å²) in [6.07, 6.45) is 0. The minimum Gasteiger partial charge on any atom is -0.167 e. The zero-order chi connectivity index (χ0) is 9.62. The molecule has 0 aromatic rings. The molecule has 0 aromatic heterocycles. The predicted molar refractivity (Wildman–Crippen MR) is 30.0 cm³/mol. The van der Waals surface area contributed by atoms with E-state index >= 15 is 0 Å². The van der Waals surface area contributed by atoms with Crippen LogP contribution in [0.4, 0.5) is 0 Å². The average molecular weight is 240 g/mol. The summed E-state index contributed by atoms with van der Waals surface area (Å²) < 4.78 is 70.5. The molecule has 1 rings (SSSR count). The summed E-state index contributed by atoms with van der Waals surface area (Å²) in [4.78, 5) is 0. The topological polar surface area (TPSA) is 130 Å². The summed E-state index contributed by atoms with van der Waals surface area (Å²) in [5.74, 6) is 0. The van der Waals surface area contributed by atoms with Crippen molar-refractivity contribution in [3.63, 3.8) is 0 Å². The Labute approximate surface area is 67.8 Å². The first-order valence-corrected chi connectivity index (χ1v) is 6.00. The van der Waals surface area contributed by atoms with Crippen molar-refractivity contribution in [2.45, 2.75) is 0 Å². The van der Waals surface area contributed by atoms with Crippen LogP contribution in [0.1, 0.15) is 0 Å². The van der Waals surface area contributed by atoms with E-state index in [-0.39, 0.29) is 0 Å². The van der Waals surface area contributed by atoms with E-state index in [1.54, 1.807) is 0 Å². The van der Waals surface area contributed by atoms with Gasteiger partial charge in [-0.2, -0.15) is 25.3 Å². The monoisotopic (exact) mass is 240 g/mol. The molecule has 9 nitrogen and oxygen atoms in total. The molecule has 1 aliphatic heterocycles. The van der Waals surface area contributed by atoms with E-state index in [0.717, 1.165) is 0 Å². The highest BCUT2D eigenvalue weighted by atomic mass is 32.4. The first kappa shape index (κ1) is 9.82. The summed E-state index contributed by atoms with van der Waals surface area (Å²) in [6, 6.07) is 0. The van der Waals surface area contributed by atoms with Crippen molar-refractivity contribution < 1.29 is 36.1 Å². The van der Waals surface area contributed by atoms with Crippen LogP contribution in [0.5, 0.6) is 0 Å². The van der Waals surface area contributed by atoms with Gasteiger partial charge in [0.1, 0.15) is 0 Å². The van der Waals surface area contributed by atoms with Gasteiger partial charge in [-0.05, 0) is 0 Å². The lowest BCUT2D eigenvalue weighted by molar-refractivity contribution is 0.295. The summed E-state index contributed by atoms with van der Waals surface area (Å²) in [5.41, 5.74) is 0. The fourth-order valence-electron chi connectivity index (χ4n) is 0.340. The Balaban J connectivity index is 3.33. The Morgan fingerprint density at radius 3 is 0.833 bits per heavy atom. The van der Waals surface area contributed by atoms with E-state index in [1.165, 1.54) is 0 Å². The maximum absolute atomic E-state index is 10.2. The number of hydrogen-bond acceptors (Lipinski definition) is 9. The SMILES string of the molecule is O=S1(=O)OS(=O)(=O)OS(=O)(=O)O1. The summed E-state index contributed by atoms with van der Waals surface area (Å²) in [5, 5.41) is 0. The first-order valence-electron chi connectivity index (χ1n) is 2.00. The van der Waals surface area contributed by atoms with E-state index in [9.17, 15) is 25.3 Å². The van der Waals surface area contributed by atoms with Crippen LogP contribution in [0.3, 0.4) is 0 Å². The van der Waals surface area contributed by atoms with Crippen molar-refractivity contribution in [1.82, 2.24) is 0 Å². The van der Waals surface area contributed by atoms with E-state index in [4.69, 9.17) is 0 Å². The Kier molecular flexibility index (Phi) is 1.93. The molecule has 0 aromatic carbocycles. The second kappa shape index (κ2) is 2.36. The fourth-order valence-corrected chi connectivity index (χ4v) is 3.67. The van der Waals surface area contributed by atoms with Crippen LogP contribution < -0.4 is 0 Å². The third-order valence-electron chi connectivity index (χ3n) is 0.500. The van der Waals surface area contributed by atoms with Crippen molar-refractivity contribution in [2.75, 3.05) is 0 Å². The standard InChI is InChI=1S/O9S3/c1-10(2)7-11(3,4)9-12(5,6)8-10. The zero-order valence-electron chi connectivity index (χ0n) is 4.90. The molecule has 0 N–H and O–H groups in total. The Morgan fingerprint density at radius 2 is 0.667 bits per heavy atom. The molecule has 0 atom stereocenters. The smallest absolute Gasteiger partial charge is 0.167 e. The van der Waals surface area contributed by atoms with Gasteiger partial charge in [0.05, 0.1) is 0 Å². The first-order chi connectivity index (χ1) is 5.12. The van der Waals surface area contributed by atoms with Gasteiger partial charge >= 0.3 is 31.2 Å². The van der Waals surface area contributed by atoms with Gasteiger partial charge in [-0.1, -0.05) is 10.9 Å². The Bertz CT molecular complexity index is 368. The molecule has 12 heavy (non-hydrogen) atoms. The van der Waals surface area contributed by atoms with Gasteiger partial charge in [-0.3, -0.25) is 0 Å². The molecule has 0 amide bonds. The molecular weight excluding hydrogens is 240 g/mol. The van der Waals surface area contributed by atoms with Crippen molar-refractivity contribution in [3.8, 4) is 0 Å². The summed E-state index contributed by atoms with van der Waals surface area (Å²) in [7, 11) is -15.3. The molecule has 0 saturated carbocycles. The lowest BCUT2D eigenvalue weighted by Crippen LogP contribution is -2.30. The molecule has 1 fully saturated rings. The molecule has 72 valence electrons. The predicted octanol–water partition coefficient (Wildman–Crippen LogP) is -2.22. The molecule has 0 radical (unpaired) electrons. The lowest BCUT2D eigenvalue weighted by atomic mass is 15.7. The van der Waals surface area contributed by atoms with Gasteiger partial charge < -0.3 is 0 Å². The highest BCUT2D eigenvalue weighted by Crippen LogP contribution is 2.18. The van der Waals surface area contributed by atoms with Crippen LogP contribution in [0.2, 0.25) is 0 Å². The normalized spacial score (nSPS) is 31.0. The third-order valence-corrected chi connectivity index (χ3v) is 4.50. The largest absolute Gasteiger partial charge is 0.432 e. The van der Waals surface area contributed by atoms with Crippen LogP contribution in [0, 0.1) is 0 Å². The van der Waals surface area contributed by atoms with Crippen molar-refractivity contribution >= 4 is 31.2 Å². The van der Waals surface area contributed by atoms with Crippen LogP contribution in [0.25, 0.3) is 0 Å². The molecule has 0 unspecified atom stereocenters. The highest BCUT2D eigenvalue weighted by molar-refractivity contribution is 8.08. The van der Waals surface area contributed by atoms with E-state index in [0.29, 0.717) is 0 Å². The van der Waals surface area contributed by atoms with E-state index in [1.807, 2.05) is 0 Å². The minimum atomic E-state index is -5.10. The Morgan fingerprint density at radius 1 is 0.500 bits per heavy atom. The lowest BCUT2D eigenvalue weighted by Gasteiger charge is -2.09. The van der Waals surface area contributed by atoms with Crippen molar-refractivity contribution in [2.24, 2.45) is 0 Å². The van der Waals surface area contributed by atoms with Gasteiger partial charge in [0.2, 0.25) is 0 Å². The average Bonchev–Trinajstić information content (AvgIpc) is 1.44. The van der Waals surface area contributed by atoms with E-state index in [2.05, 4.69) is 10.9 Å². The third kappa shape index (κ3) is 2.36. The molecular formula is O9S3. The van der Waals surface area contributed by atoms with Crippen LogP contribution in [-0.4, -0.2) is 25.3 Å². The molecule has 0 aliphatic carbocycles. The van der Waals surface area contributed by atoms with Crippen LogP contribution in [0.15, 0.2) is 0 Å². The fraction of sp³-hybridized carbons (Fsp3) is 0. The second-order valence-electron chi connectivity index (χ2n) is 1.43. The number of hydrogen-bond donors (Lipinski definition) is 0. The van der Waals surface area contributed by atoms with E-state index < -0.39 is 31.2 Å². The van der Waals surface area contributed by atoms with Gasteiger partial charge in [-0.15, -0.1) is 0 Å². The minimum absolute atomic E-state index is 3.12. The zero-order valence-corrected chi connectivity index (χ0v) is 7.35. The second-order valence-corrected chi connectivity index (χ2v) is 5.51. The summed E-state index contributed by atoms with van der Waals surface area (Å²) in [6.45, 7) is 0. The molecule has 0 spiro atoms. The van der Waals surface area contributed by atoms with Gasteiger partial charge in [0.25, 0.3) is 0 Å². The molecule has 0 bridgehead atoms. The van der Waals surface area contributed by atoms with Gasteiger partial charge in [0, 0.05) is 0 Å². The summed E-state index contributed by atoms with van der Waals surface area (Å²) >= 11 is 0. The quantitative estimate of drug-likeness (QED) is 0.462. The molecule has 1 aliphatic rings. The van der Waals surface area contributed by atoms with Gasteiger partial charge in [-0.25, -0.2) is 0 Å². The highest BCUT2D eigenvalue weighted by Gasteiger charge is 2.42.